The minimum atomic E-state index is -1.29. The lowest BCUT2D eigenvalue weighted by Gasteiger charge is -2.49. The number of aliphatic carboxylic acids is 1. The van der Waals surface area contributed by atoms with E-state index in [2.05, 4.69) is 26.2 Å². The Labute approximate surface area is 215 Å². The van der Waals surface area contributed by atoms with Crippen molar-refractivity contribution in [2.45, 2.75) is 16.9 Å². The first kappa shape index (κ1) is 25.7. The van der Waals surface area contributed by atoms with E-state index in [1.165, 1.54) is 41.0 Å². The molecule has 1 aromatic rings. The number of amides is 4. The number of anilines is 1. The van der Waals surface area contributed by atoms with Gasteiger partial charge in [-0.05, 0) is 5.57 Å². The highest BCUT2D eigenvalue weighted by molar-refractivity contribution is 8.01. The number of nitrogens with one attached hydrogen (secondary N) is 3. The van der Waals surface area contributed by atoms with E-state index >= 15 is 0 Å². The molecule has 36 heavy (non-hydrogen) atoms. The molecule has 3 atom stereocenters. The molecule has 0 radical (unpaired) electrons. The number of hydrogen-bond donors (Lipinski definition) is 5. The lowest BCUT2D eigenvalue weighted by atomic mass is 10.0. The van der Waals surface area contributed by atoms with Gasteiger partial charge in [0.25, 0.3) is 11.8 Å². The molecule has 3 aliphatic rings. The third-order valence-electron chi connectivity index (χ3n) is 5.20. The average molecular weight is 557 g/mol. The monoisotopic (exact) mass is 556 g/mol. The second-order valence-electron chi connectivity index (χ2n) is 7.50. The van der Waals surface area contributed by atoms with E-state index in [4.69, 9.17) is 10.6 Å². The van der Waals surface area contributed by atoms with E-state index in [1.54, 1.807) is 7.05 Å². The summed E-state index contributed by atoms with van der Waals surface area (Å²) in [6.07, 6.45) is 0. The first-order valence-electron chi connectivity index (χ1n) is 10.1. The zero-order chi connectivity index (χ0) is 26.1. The standard InChI is InChI=1S/C18H20N8O7S3/c1-25-18(22-12(28)13(29)23-25)36-4-6-3-34-15-9(14(30)26(15)10(6)16(31)32)21-11(27)8(24-33-2)7-5-35-17(19)20-7/h5,9,15,18H,3-4H2,1-2H3,(H2,19,20)(H,21,27)(H,22,28)(H,23,29)(H,31,32)/b24-8+/t9-,15-,18?/m1/s1. The summed E-state index contributed by atoms with van der Waals surface area (Å²) in [5, 5.41) is 21.1. The number of nitrogens with two attached hydrogens (primary N) is 1. The Morgan fingerprint density at radius 1 is 1.39 bits per heavy atom. The normalized spacial score (nSPS) is 24.5. The van der Waals surface area contributed by atoms with Gasteiger partial charge >= 0.3 is 17.8 Å². The van der Waals surface area contributed by atoms with Gasteiger partial charge in [0.2, 0.25) is 0 Å². The lowest BCUT2D eigenvalue weighted by Crippen LogP contribution is -2.71. The fraction of sp³-hybridized carbons (Fsp3) is 0.389. The molecule has 0 aliphatic carbocycles. The van der Waals surface area contributed by atoms with Crippen molar-refractivity contribution < 1.29 is 33.9 Å². The molecule has 1 unspecified atom stereocenters. The maximum absolute atomic E-state index is 12.9. The highest BCUT2D eigenvalue weighted by atomic mass is 32.2. The van der Waals surface area contributed by atoms with Crippen LogP contribution < -0.4 is 21.8 Å². The van der Waals surface area contributed by atoms with Gasteiger partial charge in [-0.25, -0.2) is 9.78 Å². The Morgan fingerprint density at radius 3 is 2.78 bits per heavy atom. The number of nitrogens with zero attached hydrogens (tertiary/aromatic N) is 4. The van der Waals surface area contributed by atoms with E-state index in [-0.39, 0.29) is 33.7 Å². The number of β-lactam (4-membered cyclic amide) rings is 1. The first-order chi connectivity index (χ1) is 17.1. The zero-order valence-corrected chi connectivity index (χ0v) is 21.2. The summed E-state index contributed by atoms with van der Waals surface area (Å²) >= 11 is 3.57. The van der Waals surface area contributed by atoms with Gasteiger partial charge in [0.1, 0.15) is 35.4 Å². The van der Waals surface area contributed by atoms with Crippen molar-refractivity contribution in [1.29, 1.82) is 0 Å². The molecule has 1 aromatic heterocycles. The molecule has 0 saturated carbocycles. The average Bonchev–Trinajstić information content (AvgIpc) is 3.27. The van der Waals surface area contributed by atoms with E-state index < -0.39 is 46.5 Å². The van der Waals surface area contributed by atoms with Crippen LogP contribution >= 0.6 is 34.9 Å². The number of hydrogen-bond acceptors (Lipinski definition) is 13. The van der Waals surface area contributed by atoms with Gasteiger partial charge in [0, 0.05) is 23.9 Å². The fourth-order valence-electron chi connectivity index (χ4n) is 3.57. The summed E-state index contributed by atoms with van der Waals surface area (Å²) in [5.41, 5.74) is 7.67. The number of aromatic nitrogens is 1. The van der Waals surface area contributed by atoms with Gasteiger partial charge in [0.15, 0.2) is 10.8 Å². The molecule has 0 aromatic carbocycles. The predicted octanol–water partition coefficient (Wildman–Crippen LogP) is -2.08. The van der Waals surface area contributed by atoms with E-state index in [9.17, 15) is 29.1 Å². The predicted molar refractivity (Wildman–Crippen MR) is 130 cm³/mol. The first-order valence-corrected chi connectivity index (χ1v) is 13.1. The highest BCUT2D eigenvalue weighted by Gasteiger charge is 2.54. The van der Waals surface area contributed by atoms with Crippen LogP contribution in [0.5, 0.6) is 0 Å². The Bertz CT molecular complexity index is 1200. The SMILES string of the molecule is CO/N=C(/C(=O)N[C@@H]1C(=O)N2C(C(=O)O)=C(CSC3NC(=O)C(=O)NN3C)CS[C@H]12)c1csc(N)n1. The minimum Gasteiger partial charge on any atom is -0.477 e. The number of nitrogen functional groups attached to an aromatic ring is 1. The minimum absolute atomic E-state index is 0.170. The molecular weight excluding hydrogens is 536 g/mol. The third-order valence-corrected chi connectivity index (χ3v) is 8.48. The molecular formula is C18H20N8O7S3. The summed E-state index contributed by atoms with van der Waals surface area (Å²) in [7, 11) is 2.81. The van der Waals surface area contributed by atoms with Crippen LogP contribution in [-0.4, -0.2) is 97.9 Å². The van der Waals surface area contributed by atoms with Crippen molar-refractivity contribution in [2.75, 3.05) is 31.4 Å². The Hall–Kier alpha value is -3.35. The zero-order valence-electron chi connectivity index (χ0n) is 18.7. The lowest BCUT2D eigenvalue weighted by molar-refractivity contribution is -0.150. The van der Waals surface area contributed by atoms with E-state index in [1.807, 2.05) is 0 Å². The van der Waals surface area contributed by atoms with Crippen LogP contribution in [0.3, 0.4) is 0 Å². The van der Waals surface area contributed by atoms with Crippen LogP contribution in [-0.2, 0) is 28.8 Å². The van der Waals surface area contributed by atoms with Crippen molar-refractivity contribution >= 4 is 75.3 Å². The van der Waals surface area contributed by atoms with Gasteiger partial charge in [-0.15, -0.1) is 34.9 Å². The van der Waals surface area contributed by atoms with E-state index in [0.29, 0.717) is 5.57 Å². The number of carbonyl (C=O) groups excluding carboxylic acids is 4. The van der Waals surface area contributed by atoms with Crippen molar-refractivity contribution in [1.82, 2.24) is 31.0 Å². The van der Waals surface area contributed by atoms with Gasteiger partial charge in [-0.1, -0.05) is 5.16 Å². The van der Waals surface area contributed by atoms with Gasteiger partial charge in [-0.2, -0.15) is 5.01 Å². The molecule has 0 bridgehead atoms. The van der Waals surface area contributed by atoms with Crippen molar-refractivity contribution in [3.8, 4) is 0 Å². The maximum Gasteiger partial charge on any atom is 0.352 e. The molecule has 3 aliphatic heterocycles. The number of carboxylic acids is 1. The molecule has 192 valence electrons. The van der Waals surface area contributed by atoms with E-state index in [0.717, 1.165) is 16.2 Å². The van der Waals surface area contributed by atoms with Gasteiger partial charge in [-0.3, -0.25) is 29.5 Å². The second kappa shape index (κ2) is 10.3. The number of thiazole rings is 1. The fourth-order valence-corrected chi connectivity index (χ4v) is 6.66. The highest BCUT2D eigenvalue weighted by Crippen LogP contribution is 2.41. The molecule has 2 saturated heterocycles. The smallest absolute Gasteiger partial charge is 0.352 e. The van der Waals surface area contributed by atoms with Crippen LogP contribution in [0.25, 0.3) is 0 Å². The quantitative estimate of drug-likeness (QED) is 0.101. The summed E-state index contributed by atoms with van der Waals surface area (Å²) in [6, 6.07) is -0.983. The van der Waals surface area contributed by atoms with Gasteiger partial charge < -0.3 is 26.3 Å². The van der Waals surface area contributed by atoms with Crippen LogP contribution in [0.1, 0.15) is 5.69 Å². The summed E-state index contributed by atoms with van der Waals surface area (Å²) in [5.74, 6) is -3.76. The van der Waals surface area contributed by atoms with Crippen LogP contribution in [0.15, 0.2) is 21.8 Å². The van der Waals surface area contributed by atoms with Crippen molar-refractivity contribution in [3.05, 3.63) is 22.3 Å². The Kier molecular flexibility index (Phi) is 7.38. The molecule has 4 rings (SSSR count). The molecule has 18 heteroatoms. The Balaban J connectivity index is 1.46. The largest absolute Gasteiger partial charge is 0.477 e. The molecule has 4 amide bonds. The van der Waals surface area contributed by atoms with Crippen molar-refractivity contribution in [3.63, 3.8) is 0 Å². The number of carboxylic acid groups (broad SMARTS) is 1. The summed E-state index contributed by atoms with van der Waals surface area (Å²) < 4.78 is 0. The number of rotatable bonds is 8. The summed E-state index contributed by atoms with van der Waals surface area (Å²) in [6.45, 7) is 0. The van der Waals surface area contributed by atoms with Crippen LogP contribution in [0, 0.1) is 0 Å². The number of thioether (sulfide) groups is 2. The third kappa shape index (κ3) is 4.84. The number of hydrazine groups is 1. The second-order valence-corrected chi connectivity index (χ2v) is 10.6. The number of oxime groups is 1. The molecule has 0 spiro atoms. The van der Waals surface area contributed by atoms with Gasteiger partial charge in [0.05, 0.1) is 0 Å². The van der Waals surface area contributed by atoms with Crippen molar-refractivity contribution in [2.24, 2.45) is 5.16 Å². The topological polar surface area (TPSA) is 209 Å². The molecule has 2 fully saturated rings. The van der Waals surface area contributed by atoms with Crippen LogP contribution in [0.4, 0.5) is 5.13 Å². The number of fused-ring (bicyclic) bond motifs is 1. The van der Waals surface area contributed by atoms with Crippen LogP contribution in [0.2, 0.25) is 0 Å². The Morgan fingerprint density at radius 2 is 2.14 bits per heavy atom. The maximum atomic E-state index is 12.9. The molecule has 6 N–H and O–H groups in total. The number of carbonyl (C=O) groups is 5. The molecule has 15 nitrogen and oxygen atoms in total. The molecule has 4 heterocycles. The summed E-state index contributed by atoms with van der Waals surface area (Å²) in [4.78, 5) is 70.8.